The van der Waals surface area contributed by atoms with E-state index in [2.05, 4.69) is 44.8 Å². The number of hydrogen-bond donors (Lipinski definition) is 3. The van der Waals surface area contributed by atoms with Crippen molar-refractivity contribution in [3.05, 3.63) is 35.4 Å². The highest BCUT2D eigenvalue weighted by molar-refractivity contribution is 5.79. The van der Waals surface area contributed by atoms with Crippen LogP contribution >= 0.6 is 0 Å². The average molecular weight is 432 g/mol. The zero-order chi connectivity index (χ0) is 21.9. The number of likely N-dealkylation sites (tertiary alicyclic amines) is 1. The number of nitrogens with two attached hydrogens (primary N) is 1. The van der Waals surface area contributed by atoms with Crippen LogP contribution < -0.4 is 16.4 Å². The number of guanidine groups is 1. The van der Waals surface area contributed by atoms with Gasteiger partial charge < -0.3 is 25.8 Å². The van der Waals surface area contributed by atoms with Gasteiger partial charge in [-0.05, 0) is 43.4 Å². The second-order valence-corrected chi connectivity index (χ2v) is 8.36. The van der Waals surface area contributed by atoms with Crippen molar-refractivity contribution in [2.75, 3.05) is 46.5 Å². The fraction of sp³-hybridized carbons (Fsp3) is 0.652. The molecule has 1 aromatic carbocycles. The normalized spacial score (nSPS) is 22.4. The number of nitrogens with zero attached hydrogens (tertiary/aromatic N) is 2. The third-order valence-corrected chi connectivity index (χ3v) is 5.84. The summed E-state index contributed by atoms with van der Waals surface area (Å²) in [4.78, 5) is 18.1. The highest BCUT2D eigenvalue weighted by atomic mass is 16.5. The van der Waals surface area contributed by atoms with Crippen molar-refractivity contribution in [2.24, 2.45) is 16.6 Å². The number of primary amides is 1. The van der Waals surface area contributed by atoms with Gasteiger partial charge in [0.1, 0.15) is 0 Å². The summed E-state index contributed by atoms with van der Waals surface area (Å²) in [5.41, 5.74) is 7.96. The zero-order valence-electron chi connectivity index (χ0n) is 18.6. The summed E-state index contributed by atoms with van der Waals surface area (Å²) >= 11 is 0. The van der Waals surface area contributed by atoms with Crippen molar-refractivity contribution >= 4 is 11.9 Å². The fourth-order valence-electron chi connectivity index (χ4n) is 4.11. The minimum atomic E-state index is -0.180. The number of amides is 1. The molecule has 8 heteroatoms. The smallest absolute Gasteiger partial charge is 0.221 e. The summed E-state index contributed by atoms with van der Waals surface area (Å²) in [6, 6.07) is 8.55. The Labute approximate surface area is 185 Å². The van der Waals surface area contributed by atoms with Crippen LogP contribution in [0.5, 0.6) is 0 Å². The molecule has 0 aromatic heterocycles. The molecule has 4 N–H and O–H groups in total. The van der Waals surface area contributed by atoms with E-state index in [9.17, 15) is 4.79 Å². The van der Waals surface area contributed by atoms with Gasteiger partial charge in [0.2, 0.25) is 5.91 Å². The molecule has 3 rings (SSSR count). The number of aliphatic imine (C=N–C) groups is 1. The number of piperidine rings is 1. The van der Waals surface area contributed by atoms with Crippen molar-refractivity contribution in [1.82, 2.24) is 15.5 Å². The molecule has 0 spiro atoms. The van der Waals surface area contributed by atoms with Crippen molar-refractivity contribution in [3.63, 3.8) is 0 Å². The van der Waals surface area contributed by atoms with Crippen LogP contribution in [-0.2, 0) is 27.4 Å². The third kappa shape index (κ3) is 8.12. The number of rotatable bonds is 10. The van der Waals surface area contributed by atoms with Crippen LogP contribution in [0.15, 0.2) is 29.3 Å². The molecule has 0 radical (unpaired) electrons. The Morgan fingerprint density at radius 2 is 2.19 bits per heavy atom. The molecule has 172 valence electrons. The van der Waals surface area contributed by atoms with Gasteiger partial charge in [-0.2, -0.15) is 0 Å². The van der Waals surface area contributed by atoms with Gasteiger partial charge in [-0.3, -0.25) is 14.7 Å². The monoisotopic (exact) mass is 431 g/mol. The van der Waals surface area contributed by atoms with Gasteiger partial charge in [0.05, 0.1) is 18.6 Å². The first-order valence-electron chi connectivity index (χ1n) is 11.4. The van der Waals surface area contributed by atoms with E-state index in [1.165, 1.54) is 11.1 Å². The highest BCUT2D eigenvalue weighted by Crippen LogP contribution is 2.18. The number of carbonyl (C=O) groups excluding carboxylic acids is 1. The molecule has 2 unspecified atom stereocenters. The topological polar surface area (TPSA) is 101 Å². The van der Waals surface area contributed by atoms with E-state index >= 15 is 0 Å². The Bertz CT molecular complexity index is 721. The van der Waals surface area contributed by atoms with Gasteiger partial charge in [-0.1, -0.05) is 24.3 Å². The van der Waals surface area contributed by atoms with Gasteiger partial charge in [0, 0.05) is 46.4 Å². The molecule has 2 aliphatic heterocycles. The molecule has 1 aromatic rings. The molecule has 2 saturated heterocycles. The van der Waals surface area contributed by atoms with E-state index in [1.54, 1.807) is 7.05 Å². The second-order valence-electron chi connectivity index (χ2n) is 8.36. The lowest BCUT2D eigenvalue weighted by Crippen LogP contribution is -2.40. The van der Waals surface area contributed by atoms with Crippen molar-refractivity contribution < 1.29 is 14.3 Å². The van der Waals surface area contributed by atoms with Crippen molar-refractivity contribution in [2.45, 2.75) is 44.9 Å². The molecule has 0 saturated carbocycles. The number of nitrogens with one attached hydrogen (secondary N) is 2. The average Bonchev–Trinajstić information content (AvgIpc) is 3.29. The van der Waals surface area contributed by atoms with Gasteiger partial charge in [-0.15, -0.1) is 0 Å². The molecular weight excluding hydrogens is 394 g/mol. The quantitative estimate of drug-likeness (QED) is 0.293. The molecule has 1 amide bonds. The Balaban J connectivity index is 1.37. The standard InChI is InChI=1S/C23H37N5O3/c1-25-23(26-9-4-11-31-21-8-12-30-17-21)27-14-18-5-2-6-19(13-18)15-28-10-3-7-20(16-28)22(24)29/h2,5-6,13,20-21H,3-4,7-12,14-17H2,1H3,(H2,24,29)(H2,25,26,27). The van der Waals surface area contributed by atoms with E-state index in [1.807, 2.05) is 0 Å². The molecule has 2 aliphatic rings. The Morgan fingerprint density at radius 1 is 1.32 bits per heavy atom. The van der Waals surface area contributed by atoms with E-state index < -0.39 is 0 Å². The first-order valence-corrected chi connectivity index (χ1v) is 11.4. The molecule has 2 fully saturated rings. The summed E-state index contributed by atoms with van der Waals surface area (Å²) in [7, 11) is 1.78. The van der Waals surface area contributed by atoms with Crippen molar-refractivity contribution in [1.29, 1.82) is 0 Å². The van der Waals surface area contributed by atoms with Crippen LogP contribution in [0.3, 0.4) is 0 Å². The van der Waals surface area contributed by atoms with Crippen LogP contribution in [0.25, 0.3) is 0 Å². The largest absolute Gasteiger partial charge is 0.379 e. The number of benzene rings is 1. The van der Waals surface area contributed by atoms with Crippen LogP contribution in [0, 0.1) is 5.92 Å². The fourth-order valence-corrected chi connectivity index (χ4v) is 4.11. The Morgan fingerprint density at radius 3 is 2.97 bits per heavy atom. The van der Waals surface area contributed by atoms with Gasteiger partial charge >= 0.3 is 0 Å². The molecular formula is C23H37N5O3. The lowest BCUT2D eigenvalue weighted by atomic mass is 9.97. The Kier molecular flexibility index (Phi) is 9.58. The Hall–Kier alpha value is -2.16. The molecule has 2 atom stereocenters. The first kappa shape index (κ1) is 23.5. The summed E-state index contributed by atoms with van der Waals surface area (Å²) < 4.78 is 11.1. The van der Waals surface area contributed by atoms with Gasteiger partial charge in [-0.25, -0.2) is 0 Å². The number of carbonyl (C=O) groups is 1. The van der Waals surface area contributed by atoms with Gasteiger partial charge in [0.15, 0.2) is 5.96 Å². The highest BCUT2D eigenvalue weighted by Gasteiger charge is 2.23. The maximum Gasteiger partial charge on any atom is 0.221 e. The summed E-state index contributed by atoms with van der Waals surface area (Å²) in [5, 5.41) is 6.71. The van der Waals surface area contributed by atoms with E-state index in [4.69, 9.17) is 15.2 Å². The summed E-state index contributed by atoms with van der Waals surface area (Å²) in [5.74, 6) is 0.584. The van der Waals surface area contributed by atoms with Crippen LogP contribution in [-0.4, -0.2) is 69.4 Å². The first-order chi connectivity index (χ1) is 15.1. The molecule has 0 bridgehead atoms. The minimum Gasteiger partial charge on any atom is -0.379 e. The second kappa shape index (κ2) is 12.6. The minimum absolute atomic E-state index is 0.0232. The number of hydrogen-bond acceptors (Lipinski definition) is 5. The maximum atomic E-state index is 11.5. The van der Waals surface area contributed by atoms with Crippen LogP contribution in [0.4, 0.5) is 0 Å². The summed E-state index contributed by atoms with van der Waals surface area (Å²) in [6.45, 7) is 6.39. The molecule has 2 heterocycles. The van der Waals surface area contributed by atoms with E-state index in [-0.39, 0.29) is 17.9 Å². The zero-order valence-corrected chi connectivity index (χ0v) is 18.6. The van der Waals surface area contributed by atoms with E-state index in [0.717, 1.165) is 77.6 Å². The lowest BCUT2D eigenvalue weighted by Gasteiger charge is -2.31. The maximum absolute atomic E-state index is 11.5. The van der Waals surface area contributed by atoms with E-state index in [0.29, 0.717) is 6.54 Å². The molecule has 0 aliphatic carbocycles. The van der Waals surface area contributed by atoms with Gasteiger partial charge in [0.25, 0.3) is 0 Å². The number of ether oxygens (including phenoxy) is 2. The lowest BCUT2D eigenvalue weighted by molar-refractivity contribution is -0.123. The third-order valence-electron chi connectivity index (χ3n) is 5.84. The SMILES string of the molecule is CN=C(NCCCOC1CCOC1)NCc1cccc(CN2CCCC(C(N)=O)C2)c1. The molecule has 31 heavy (non-hydrogen) atoms. The van der Waals surface area contributed by atoms with Crippen molar-refractivity contribution in [3.8, 4) is 0 Å². The van der Waals surface area contributed by atoms with Crippen LogP contribution in [0.1, 0.15) is 36.8 Å². The predicted octanol–water partition coefficient (Wildman–Crippen LogP) is 1.24. The predicted molar refractivity (Wildman–Crippen MR) is 122 cm³/mol. The molecule has 8 nitrogen and oxygen atoms in total. The van der Waals surface area contributed by atoms with Crippen LogP contribution in [0.2, 0.25) is 0 Å². The summed E-state index contributed by atoms with van der Waals surface area (Å²) in [6.07, 6.45) is 4.12.